The van der Waals surface area contributed by atoms with Gasteiger partial charge in [-0.1, -0.05) is 41.4 Å². The van der Waals surface area contributed by atoms with Crippen molar-refractivity contribution >= 4 is 33.2 Å². The van der Waals surface area contributed by atoms with E-state index in [1.807, 2.05) is 18.2 Å². The van der Waals surface area contributed by atoms with Gasteiger partial charge in [0.25, 0.3) is 0 Å². The van der Waals surface area contributed by atoms with E-state index >= 15 is 0 Å². The molecule has 0 saturated carbocycles. The molecule has 0 amide bonds. The predicted octanol–water partition coefficient (Wildman–Crippen LogP) is 5.02. The lowest BCUT2D eigenvalue weighted by Crippen LogP contribution is -1.99. The van der Waals surface area contributed by atoms with Gasteiger partial charge in [-0.3, -0.25) is 0 Å². The fourth-order valence-corrected chi connectivity index (χ4v) is 2.36. The molecule has 0 fully saturated rings. The topological polar surface area (TPSA) is 12.0 Å². The first-order valence-electron chi connectivity index (χ1n) is 5.39. The average Bonchev–Trinajstić information content (AvgIpc) is 2.30. The molecule has 0 aliphatic heterocycles. The van der Waals surface area contributed by atoms with Gasteiger partial charge in [-0.25, -0.2) is 0 Å². The van der Waals surface area contributed by atoms with Gasteiger partial charge >= 0.3 is 0 Å². The number of hydrogen-bond donors (Lipinski definition) is 1. The Bertz CT molecular complexity index is 508. The minimum absolute atomic E-state index is 0.734. The fraction of sp³-hybridized carbons (Fsp3) is 0.143. The molecule has 0 aliphatic carbocycles. The molecule has 2 aromatic carbocycles. The van der Waals surface area contributed by atoms with E-state index < -0.39 is 0 Å². The molecule has 1 nitrogen and oxygen atoms in total. The Hall–Kier alpha value is -0.990. The average molecular weight is 311 g/mol. The van der Waals surface area contributed by atoms with Gasteiger partial charge in [0.05, 0.1) is 0 Å². The minimum atomic E-state index is 0.734. The highest BCUT2D eigenvalue weighted by Crippen LogP contribution is 2.26. The van der Waals surface area contributed by atoms with Crippen LogP contribution in [0, 0.1) is 6.92 Å². The maximum absolute atomic E-state index is 5.89. The number of halogens is 2. The first-order valence-corrected chi connectivity index (χ1v) is 6.57. The van der Waals surface area contributed by atoms with Gasteiger partial charge in [0.2, 0.25) is 0 Å². The van der Waals surface area contributed by atoms with Gasteiger partial charge in [-0.05, 0) is 46.6 Å². The van der Waals surface area contributed by atoms with Gasteiger partial charge < -0.3 is 5.32 Å². The summed E-state index contributed by atoms with van der Waals surface area (Å²) in [5, 5.41) is 4.10. The molecule has 2 rings (SSSR count). The normalized spacial score (nSPS) is 10.3. The smallest absolute Gasteiger partial charge is 0.0488 e. The predicted molar refractivity (Wildman–Crippen MR) is 77.7 cm³/mol. The van der Waals surface area contributed by atoms with Gasteiger partial charge in [-0.15, -0.1) is 0 Å². The van der Waals surface area contributed by atoms with Crippen molar-refractivity contribution in [3.8, 4) is 0 Å². The minimum Gasteiger partial charge on any atom is -0.380 e. The van der Waals surface area contributed by atoms with Crippen LogP contribution in [-0.2, 0) is 6.54 Å². The van der Waals surface area contributed by atoms with Crippen molar-refractivity contribution in [3.05, 3.63) is 63.1 Å². The Morgan fingerprint density at radius 2 is 1.82 bits per heavy atom. The summed E-state index contributed by atoms with van der Waals surface area (Å²) in [4.78, 5) is 0. The van der Waals surface area contributed by atoms with E-state index in [1.54, 1.807) is 0 Å². The first-order chi connectivity index (χ1) is 8.15. The second-order valence-electron chi connectivity index (χ2n) is 3.96. The molecule has 0 bridgehead atoms. The van der Waals surface area contributed by atoms with Crippen molar-refractivity contribution in [2.45, 2.75) is 13.5 Å². The van der Waals surface area contributed by atoms with Crippen molar-refractivity contribution < 1.29 is 0 Å². The van der Waals surface area contributed by atoms with Crippen LogP contribution in [0.2, 0.25) is 5.02 Å². The van der Waals surface area contributed by atoms with Crippen molar-refractivity contribution in [2.75, 3.05) is 5.32 Å². The van der Waals surface area contributed by atoms with Gasteiger partial charge in [0, 0.05) is 21.7 Å². The first kappa shape index (κ1) is 12.5. The number of nitrogens with one attached hydrogen (secondary N) is 1. The van der Waals surface area contributed by atoms with Crippen LogP contribution in [-0.4, -0.2) is 0 Å². The maximum atomic E-state index is 5.89. The van der Waals surface area contributed by atoms with E-state index in [9.17, 15) is 0 Å². The molecule has 3 heteroatoms. The zero-order valence-corrected chi connectivity index (χ0v) is 11.8. The molecule has 0 aliphatic rings. The molecule has 0 saturated heterocycles. The highest BCUT2D eigenvalue weighted by atomic mass is 79.9. The molecular weight excluding hydrogens is 298 g/mol. The molecule has 17 heavy (non-hydrogen) atoms. The van der Waals surface area contributed by atoms with Crippen LogP contribution in [0.4, 0.5) is 5.69 Å². The van der Waals surface area contributed by atoms with Crippen LogP contribution in [0.5, 0.6) is 0 Å². The Labute approximate surface area is 115 Å². The Balaban J connectivity index is 2.04. The summed E-state index contributed by atoms with van der Waals surface area (Å²) in [7, 11) is 0. The SMILES string of the molecule is Cc1ccc(CNc2ccc(Cl)cc2Br)cc1. The molecular formula is C14H13BrClN. The summed E-state index contributed by atoms with van der Waals surface area (Å²) in [5.41, 5.74) is 3.59. The van der Waals surface area contributed by atoms with E-state index in [2.05, 4.69) is 52.4 Å². The summed E-state index contributed by atoms with van der Waals surface area (Å²) in [5.74, 6) is 0. The highest BCUT2D eigenvalue weighted by molar-refractivity contribution is 9.10. The van der Waals surface area contributed by atoms with Gasteiger partial charge in [-0.2, -0.15) is 0 Å². The molecule has 2 aromatic rings. The number of aryl methyl sites for hydroxylation is 1. The molecule has 0 spiro atoms. The van der Waals surface area contributed by atoms with E-state index in [1.165, 1.54) is 11.1 Å². The van der Waals surface area contributed by atoms with E-state index in [0.29, 0.717) is 0 Å². The fourth-order valence-electron chi connectivity index (χ4n) is 1.54. The Morgan fingerprint density at radius 1 is 1.12 bits per heavy atom. The lowest BCUT2D eigenvalue weighted by molar-refractivity contribution is 1.14. The van der Waals surface area contributed by atoms with Gasteiger partial charge in [0.1, 0.15) is 0 Å². The van der Waals surface area contributed by atoms with Crippen LogP contribution in [0.15, 0.2) is 46.9 Å². The standard InChI is InChI=1S/C14H13BrClN/c1-10-2-4-11(5-3-10)9-17-14-7-6-12(16)8-13(14)15/h2-8,17H,9H2,1H3. The number of rotatable bonds is 3. The largest absolute Gasteiger partial charge is 0.380 e. The van der Waals surface area contributed by atoms with Gasteiger partial charge in [0.15, 0.2) is 0 Å². The molecule has 0 heterocycles. The van der Waals surface area contributed by atoms with Crippen LogP contribution in [0.1, 0.15) is 11.1 Å². The van der Waals surface area contributed by atoms with Crippen molar-refractivity contribution in [3.63, 3.8) is 0 Å². The van der Waals surface area contributed by atoms with E-state index in [0.717, 1.165) is 21.7 Å². The number of benzene rings is 2. The van der Waals surface area contributed by atoms with Crippen LogP contribution in [0.25, 0.3) is 0 Å². The third kappa shape index (κ3) is 3.48. The second-order valence-corrected chi connectivity index (χ2v) is 5.25. The summed E-state index contributed by atoms with van der Waals surface area (Å²) >= 11 is 9.38. The summed E-state index contributed by atoms with van der Waals surface area (Å²) in [6.07, 6.45) is 0. The second kappa shape index (κ2) is 5.56. The molecule has 0 atom stereocenters. The monoisotopic (exact) mass is 309 g/mol. The third-order valence-electron chi connectivity index (χ3n) is 2.53. The summed E-state index contributed by atoms with van der Waals surface area (Å²) < 4.78 is 0.983. The maximum Gasteiger partial charge on any atom is 0.0488 e. The molecule has 1 N–H and O–H groups in total. The number of hydrogen-bond acceptors (Lipinski definition) is 1. The summed E-state index contributed by atoms with van der Waals surface area (Å²) in [6.45, 7) is 2.90. The Kier molecular flexibility index (Phi) is 4.08. The lowest BCUT2D eigenvalue weighted by atomic mass is 10.1. The molecule has 0 radical (unpaired) electrons. The molecule has 0 aromatic heterocycles. The zero-order chi connectivity index (χ0) is 12.3. The van der Waals surface area contributed by atoms with Crippen LogP contribution in [0.3, 0.4) is 0 Å². The van der Waals surface area contributed by atoms with Crippen LogP contribution < -0.4 is 5.32 Å². The Morgan fingerprint density at radius 3 is 2.47 bits per heavy atom. The lowest BCUT2D eigenvalue weighted by Gasteiger charge is -2.09. The van der Waals surface area contributed by atoms with E-state index in [4.69, 9.17) is 11.6 Å². The van der Waals surface area contributed by atoms with Crippen LogP contribution >= 0.6 is 27.5 Å². The molecule has 88 valence electrons. The van der Waals surface area contributed by atoms with Crippen molar-refractivity contribution in [2.24, 2.45) is 0 Å². The third-order valence-corrected chi connectivity index (χ3v) is 3.43. The molecule has 0 unspecified atom stereocenters. The zero-order valence-electron chi connectivity index (χ0n) is 9.50. The number of anilines is 1. The highest BCUT2D eigenvalue weighted by Gasteiger charge is 2.00. The van der Waals surface area contributed by atoms with Crippen molar-refractivity contribution in [1.82, 2.24) is 0 Å². The van der Waals surface area contributed by atoms with E-state index in [-0.39, 0.29) is 0 Å². The quantitative estimate of drug-likeness (QED) is 0.839. The summed E-state index contributed by atoms with van der Waals surface area (Å²) in [6, 6.07) is 14.2. The van der Waals surface area contributed by atoms with Crippen molar-refractivity contribution in [1.29, 1.82) is 0 Å².